The minimum absolute atomic E-state index is 0. The summed E-state index contributed by atoms with van der Waals surface area (Å²) in [6.07, 6.45) is 3.17. The van der Waals surface area contributed by atoms with Crippen molar-refractivity contribution in [3.05, 3.63) is 59.0 Å². The number of hydrogen-bond donors (Lipinski definition) is 2. The Morgan fingerprint density at radius 1 is 1.15 bits per heavy atom. The molecule has 0 atom stereocenters. The Morgan fingerprint density at radius 2 is 1.85 bits per heavy atom. The Hall–Kier alpha value is -2.57. The third-order valence-corrected chi connectivity index (χ3v) is 4.72. The first-order chi connectivity index (χ1) is 12.3. The van der Waals surface area contributed by atoms with Crippen LogP contribution >= 0.6 is 12.4 Å². The lowest BCUT2D eigenvalue weighted by Gasteiger charge is -2.11. The number of fused-ring (bicyclic) bond motifs is 1. The number of rotatable bonds is 4. The van der Waals surface area contributed by atoms with Gasteiger partial charge >= 0.3 is 0 Å². The lowest BCUT2D eigenvalue weighted by atomic mass is 9.95. The second-order valence-corrected chi connectivity index (χ2v) is 7.40. The fourth-order valence-electron chi connectivity index (χ4n) is 2.70. The van der Waals surface area contributed by atoms with Crippen molar-refractivity contribution in [1.29, 1.82) is 5.26 Å². The normalized spacial score (nSPS) is 11.0. The Morgan fingerprint density at radius 3 is 2.44 bits per heavy atom. The van der Waals surface area contributed by atoms with E-state index in [2.05, 4.69) is 20.8 Å². The third-order valence-electron chi connectivity index (χ3n) is 4.17. The molecule has 0 aliphatic carbocycles. The smallest absolute Gasteiger partial charge is 0.259 e. The first-order valence-electron chi connectivity index (χ1n) is 7.81. The van der Waals surface area contributed by atoms with Crippen molar-refractivity contribution < 1.29 is 8.42 Å². The lowest BCUT2D eigenvalue weighted by Crippen LogP contribution is -2.30. The molecule has 0 fully saturated rings. The van der Waals surface area contributed by atoms with E-state index in [9.17, 15) is 13.7 Å². The first-order valence-corrected chi connectivity index (χ1v) is 9.36. The zero-order chi connectivity index (χ0) is 18.9. The van der Waals surface area contributed by atoms with E-state index < -0.39 is 10.2 Å². The Labute approximate surface area is 163 Å². The third kappa shape index (κ3) is 4.59. The molecular formula is C18H18ClN5O2S. The van der Waals surface area contributed by atoms with Crippen LogP contribution in [0.15, 0.2) is 36.7 Å². The Bertz CT molecular complexity index is 1140. The SMILES string of the molecule is Cc1cc2ncc(C#N)c(-c3ccc(CNS(N)(=O)=O)nc3)c2cc1C.Cl. The van der Waals surface area contributed by atoms with Crippen LogP contribution < -0.4 is 9.86 Å². The van der Waals surface area contributed by atoms with Crippen molar-refractivity contribution in [3.8, 4) is 17.2 Å². The molecule has 0 bridgehead atoms. The van der Waals surface area contributed by atoms with E-state index in [1.165, 1.54) is 0 Å². The van der Waals surface area contributed by atoms with Crippen LogP contribution in [-0.2, 0) is 16.8 Å². The predicted molar refractivity (Wildman–Crippen MR) is 106 cm³/mol. The molecule has 0 spiro atoms. The summed E-state index contributed by atoms with van der Waals surface area (Å²) in [4.78, 5) is 8.65. The molecule has 0 radical (unpaired) electrons. The summed E-state index contributed by atoms with van der Waals surface area (Å²) in [6.45, 7) is 4.03. The van der Waals surface area contributed by atoms with Gasteiger partial charge in [-0.1, -0.05) is 6.07 Å². The van der Waals surface area contributed by atoms with Gasteiger partial charge in [-0.15, -0.1) is 12.4 Å². The van der Waals surface area contributed by atoms with Gasteiger partial charge in [0.25, 0.3) is 10.2 Å². The van der Waals surface area contributed by atoms with Gasteiger partial charge in [-0.2, -0.15) is 18.4 Å². The van der Waals surface area contributed by atoms with Crippen LogP contribution in [-0.4, -0.2) is 18.4 Å². The standard InChI is InChI=1S/C18H17N5O2S.ClH/c1-11-5-16-17(6-12(11)2)22-9-14(7-19)18(16)13-3-4-15(21-8-13)10-23-26(20,24)25;/h3-6,8-9,23H,10H2,1-2H3,(H2,20,24,25);1H. The number of nitrogens with zero attached hydrogens (tertiary/aromatic N) is 3. The Kier molecular flexibility index (Phi) is 6.13. The number of aryl methyl sites for hydroxylation is 2. The Balaban J connectivity index is 0.00000261. The molecule has 140 valence electrons. The van der Waals surface area contributed by atoms with Gasteiger partial charge in [0.05, 0.1) is 23.3 Å². The van der Waals surface area contributed by atoms with E-state index in [0.717, 1.165) is 33.2 Å². The lowest BCUT2D eigenvalue weighted by molar-refractivity contribution is 0.582. The van der Waals surface area contributed by atoms with Gasteiger partial charge < -0.3 is 0 Å². The van der Waals surface area contributed by atoms with E-state index >= 15 is 0 Å². The van der Waals surface area contributed by atoms with Crippen LogP contribution in [0.25, 0.3) is 22.0 Å². The number of pyridine rings is 2. The average molecular weight is 404 g/mol. The molecule has 3 N–H and O–H groups in total. The second-order valence-electron chi connectivity index (χ2n) is 6.02. The second kappa shape index (κ2) is 7.98. The van der Waals surface area contributed by atoms with E-state index in [-0.39, 0.29) is 19.0 Å². The van der Waals surface area contributed by atoms with Crippen LogP contribution in [0.1, 0.15) is 22.4 Å². The van der Waals surface area contributed by atoms with Crippen LogP contribution in [0.2, 0.25) is 0 Å². The maximum absolute atomic E-state index is 11.0. The summed E-state index contributed by atoms with van der Waals surface area (Å²) in [7, 11) is -3.77. The van der Waals surface area contributed by atoms with Crippen molar-refractivity contribution in [2.24, 2.45) is 5.14 Å². The quantitative estimate of drug-likeness (QED) is 0.692. The molecule has 0 aliphatic heterocycles. The number of nitriles is 1. The zero-order valence-electron chi connectivity index (χ0n) is 14.7. The summed E-state index contributed by atoms with van der Waals surface area (Å²) >= 11 is 0. The maximum Gasteiger partial charge on any atom is 0.274 e. The largest absolute Gasteiger partial charge is 0.274 e. The first kappa shape index (κ1) is 20.7. The molecule has 0 saturated heterocycles. The van der Waals surface area contributed by atoms with Gasteiger partial charge in [-0.3, -0.25) is 9.97 Å². The highest BCUT2D eigenvalue weighted by atomic mass is 35.5. The van der Waals surface area contributed by atoms with E-state index in [1.54, 1.807) is 24.5 Å². The summed E-state index contributed by atoms with van der Waals surface area (Å²) in [6, 6.07) is 9.69. The van der Waals surface area contributed by atoms with Crippen LogP contribution in [0.4, 0.5) is 0 Å². The molecule has 27 heavy (non-hydrogen) atoms. The minimum atomic E-state index is -3.77. The molecule has 3 aromatic rings. The van der Waals surface area contributed by atoms with Crippen LogP contribution in [0.3, 0.4) is 0 Å². The van der Waals surface area contributed by atoms with E-state index in [1.807, 2.05) is 26.0 Å². The number of nitrogens with one attached hydrogen (secondary N) is 1. The molecule has 0 saturated carbocycles. The van der Waals surface area contributed by atoms with Gasteiger partial charge in [0.1, 0.15) is 6.07 Å². The van der Waals surface area contributed by atoms with Crippen LogP contribution in [0.5, 0.6) is 0 Å². The van der Waals surface area contributed by atoms with Gasteiger partial charge in [0.15, 0.2) is 0 Å². The predicted octanol–water partition coefficient (Wildman–Crippen LogP) is 2.50. The van der Waals surface area contributed by atoms with E-state index in [4.69, 9.17) is 5.14 Å². The summed E-state index contributed by atoms with van der Waals surface area (Å²) in [5.74, 6) is 0. The fourth-order valence-corrected chi connectivity index (χ4v) is 3.05. The highest BCUT2D eigenvalue weighted by molar-refractivity contribution is 7.87. The molecule has 2 heterocycles. The van der Waals surface area contributed by atoms with Crippen LogP contribution in [0, 0.1) is 25.2 Å². The van der Waals surface area contributed by atoms with Gasteiger partial charge in [-0.05, 0) is 43.2 Å². The molecule has 7 nitrogen and oxygen atoms in total. The summed E-state index contributed by atoms with van der Waals surface area (Å²) in [5, 5.41) is 15.3. The van der Waals surface area contributed by atoms with Crippen molar-refractivity contribution in [2.45, 2.75) is 20.4 Å². The summed E-state index contributed by atoms with van der Waals surface area (Å²) in [5.41, 5.74) is 5.54. The summed E-state index contributed by atoms with van der Waals surface area (Å²) < 4.78 is 24.1. The molecule has 0 unspecified atom stereocenters. The van der Waals surface area contributed by atoms with Gasteiger partial charge in [0, 0.05) is 28.9 Å². The highest BCUT2D eigenvalue weighted by Gasteiger charge is 2.13. The maximum atomic E-state index is 11.0. The topological polar surface area (TPSA) is 122 Å². The number of benzene rings is 1. The number of aromatic nitrogens is 2. The molecule has 3 rings (SSSR count). The molecule has 2 aromatic heterocycles. The number of halogens is 1. The van der Waals surface area contributed by atoms with E-state index in [0.29, 0.717) is 11.3 Å². The van der Waals surface area contributed by atoms with Crippen molar-refractivity contribution in [1.82, 2.24) is 14.7 Å². The van der Waals surface area contributed by atoms with Crippen molar-refractivity contribution >= 4 is 33.5 Å². The molecule has 0 amide bonds. The average Bonchev–Trinajstić information content (AvgIpc) is 2.60. The van der Waals surface area contributed by atoms with Crippen molar-refractivity contribution in [3.63, 3.8) is 0 Å². The number of nitrogens with two attached hydrogens (primary N) is 1. The number of hydrogen-bond acceptors (Lipinski definition) is 5. The minimum Gasteiger partial charge on any atom is -0.259 e. The monoisotopic (exact) mass is 403 g/mol. The van der Waals surface area contributed by atoms with Gasteiger partial charge in [0.2, 0.25) is 0 Å². The van der Waals surface area contributed by atoms with Crippen molar-refractivity contribution in [2.75, 3.05) is 0 Å². The molecule has 9 heteroatoms. The molecular weight excluding hydrogens is 386 g/mol. The highest BCUT2D eigenvalue weighted by Crippen LogP contribution is 2.32. The zero-order valence-corrected chi connectivity index (χ0v) is 16.4. The fraction of sp³-hybridized carbons (Fsp3) is 0.167. The van der Waals surface area contributed by atoms with Gasteiger partial charge in [-0.25, -0.2) is 5.14 Å². The molecule has 0 aliphatic rings. The molecule has 1 aromatic carbocycles.